The molecule has 0 amide bonds. The van der Waals surface area contributed by atoms with Gasteiger partial charge < -0.3 is 10.8 Å². The second-order valence-corrected chi connectivity index (χ2v) is 5.82. The van der Waals surface area contributed by atoms with Gasteiger partial charge in [-0.25, -0.2) is 0 Å². The molecular weight excluding hydrogens is 248 g/mol. The van der Waals surface area contributed by atoms with Gasteiger partial charge in [0.1, 0.15) is 5.75 Å². The fourth-order valence-electron chi connectivity index (χ4n) is 1.88. The third-order valence-electron chi connectivity index (χ3n) is 3.13. The summed E-state index contributed by atoms with van der Waals surface area (Å²) in [6, 6.07) is 5.23. The Labute approximate surface area is 115 Å². The van der Waals surface area contributed by atoms with E-state index in [1.165, 1.54) is 0 Å². The highest BCUT2D eigenvalue weighted by molar-refractivity contribution is 6.31. The first-order valence-electron chi connectivity index (χ1n) is 6.28. The van der Waals surface area contributed by atoms with Gasteiger partial charge in [0.15, 0.2) is 0 Å². The molecule has 0 atom stereocenters. The van der Waals surface area contributed by atoms with Crippen LogP contribution >= 0.6 is 11.6 Å². The average molecular weight is 271 g/mol. The van der Waals surface area contributed by atoms with Crippen LogP contribution in [-0.4, -0.2) is 29.6 Å². The first kappa shape index (κ1) is 15.3. The molecule has 102 valence electrons. The fourth-order valence-corrected chi connectivity index (χ4v) is 2.11. The summed E-state index contributed by atoms with van der Waals surface area (Å²) in [7, 11) is 0. The molecule has 0 radical (unpaired) electrons. The molecule has 18 heavy (non-hydrogen) atoms. The van der Waals surface area contributed by atoms with Crippen molar-refractivity contribution in [2.24, 2.45) is 11.1 Å². The summed E-state index contributed by atoms with van der Waals surface area (Å²) in [6.45, 7) is 9.44. The third kappa shape index (κ3) is 4.16. The van der Waals surface area contributed by atoms with Crippen molar-refractivity contribution in [3.63, 3.8) is 0 Å². The second kappa shape index (κ2) is 6.41. The van der Waals surface area contributed by atoms with Crippen molar-refractivity contribution in [1.82, 2.24) is 4.90 Å². The van der Waals surface area contributed by atoms with Crippen molar-refractivity contribution < 1.29 is 5.11 Å². The molecule has 3 nitrogen and oxygen atoms in total. The maximum Gasteiger partial charge on any atom is 0.121 e. The molecule has 0 aliphatic carbocycles. The van der Waals surface area contributed by atoms with E-state index in [0.29, 0.717) is 18.1 Å². The van der Waals surface area contributed by atoms with Gasteiger partial charge in [-0.2, -0.15) is 0 Å². The van der Waals surface area contributed by atoms with Gasteiger partial charge in [-0.1, -0.05) is 38.4 Å². The lowest BCUT2D eigenvalue weighted by molar-refractivity contribution is 0.182. The normalized spacial score (nSPS) is 12.1. The molecule has 3 N–H and O–H groups in total. The van der Waals surface area contributed by atoms with E-state index in [1.807, 2.05) is 0 Å². The van der Waals surface area contributed by atoms with Gasteiger partial charge in [0.2, 0.25) is 0 Å². The Hall–Kier alpha value is -0.770. The van der Waals surface area contributed by atoms with Crippen LogP contribution in [-0.2, 0) is 6.54 Å². The first-order chi connectivity index (χ1) is 8.39. The van der Waals surface area contributed by atoms with Gasteiger partial charge in [-0.15, -0.1) is 0 Å². The SMILES string of the molecule is CCN(Cc1c(O)cccc1Cl)CC(C)(C)CN. The van der Waals surface area contributed by atoms with Gasteiger partial charge in [-0.05, 0) is 30.6 Å². The van der Waals surface area contributed by atoms with Crippen molar-refractivity contribution in [3.05, 3.63) is 28.8 Å². The molecule has 4 heteroatoms. The molecule has 0 spiro atoms. The lowest BCUT2D eigenvalue weighted by Gasteiger charge is -2.31. The smallest absolute Gasteiger partial charge is 0.121 e. The van der Waals surface area contributed by atoms with Crippen LogP contribution in [0, 0.1) is 5.41 Å². The molecule has 0 aromatic heterocycles. The third-order valence-corrected chi connectivity index (χ3v) is 3.48. The Bertz CT molecular complexity index is 373. The van der Waals surface area contributed by atoms with E-state index in [-0.39, 0.29) is 11.2 Å². The molecule has 0 saturated carbocycles. The number of benzene rings is 1. The Morgan fingerprint density at radius 2 is 2.06 bits per heavy atom. The van der Waals surface area contributed by atoms with Crippen LogP contribution in [0.3, 0.4) is 0 Å². The number of aromatic hydroxyl groups is 1. The van der Waals surface area contributed by atoms with Crippen molar-refractivity contribution in [2.75, 3.05) is 19.6 Å². The van der Waals surface area contributed by atoms with Crippen LogP contribution in [0.4, 0.5) is 0 Å². The van der Waals surface area contributed by atoms with Crippen LogP contribution < -0.4 is 5.73 Å². The Morgan fingerprint density at radius 3 is 2.56 bits per heavy atom. The van der Waals surface area contributed by atoms with E-state index >= 15 is 0 Å². The van der Waals surface area contributed by atoms with E-state index in [0.717, 1.165) is 18.7 Å². The number of nitrogens with zero attached hydrogens (tertiary/aromatic N) is 1. The molecule has 0 fully saturated rings. The van der Waals surface area contributed by atoms with E-state index in [9.17, 15) is 5.11 Å². The van der Waals surface area contributed by atoms with Gasteiger partial charge in [-0.3, -0.25) is 4.90 Å². The van der Waals surface area contributed by atoms with E-state index < -0.39 is 0 Å². The number of halogens is 1. The molecule has 0 aliphatic rings. The van der Waals surface area contributed by atoms with Gasteiger partial charge in [0.05, 0.1) is 0 Å². The zero-order chi connectivity index (χ0) is 13.8. The van der Waals surface area contributed by atoms with Crippen LogP contribution in [0.2, 0.25) is 5.02 Å². The number of rotatable bonds is 6. The minimum Gasteiger partial charge on any atom is -0.508 e. The molecule has 1 rings (SSSR count). The molecule has 0 aliphatic heterocycles. The van der Waals surface area contributed by atoms with Gasteiger partial charge in [0.25, 0.3) is 0 Å². The van der Waals surface area contributed by atoms with Crippen molar-refractivity contribution in [3.8, 4) is 5.75 Å². The predicted molar refractivity (Wildman–Crippen MR) is 76.9 cm³/mol. The number of nitrogens with two attached hydrogens (primary N) is 1. The maximum absolute atomic E-state index is 9.86. The molecule has 0 bridgehead atoms. The monoisotopic (exact) mass is 270 g/mol. The first-order valence-corrected chi connectivity index (χ1v) is 6.66. The highest BCUT2D eigenvalue weighted by Gasteiger charge is 2.20. The number of hydrogen-bond donors (Lipinski definition) is 2. The van der Waals surface area contributed by atoms with Gasteiger partial charge in [0, 0.05) is 23.7 Å². The highest BCUT2D eigenvalue weighted by atomic mass is 35.5. The highest BCUT2D eigenvalue weighted by Crippen LogP contribution is 2.27. The maximum atomic E-state index is 9.86. The second-order valence-electron chi connectivity index (χ2n) is 5.41. The van der Waals surface area contributed by atoms with Crippen LogP contribution in [0.25, 0.3) is 0 Å². The summed E-state index contributed by atoms with van der Waals surface area (Å²) in [5, 5.41) is 10.5. The molecule has 0 heterocycles. The fraction of sp³-hybridized carbons (Fsp3) is 0.571. The number of phenolic OH excluding ortho intramolecular Hbond substituents is 1. The van der Waals surface area contributed by atoms with Crippen molar-refractivity contribution >= 4 is 11.6 Å². The summed E-state index contributed by atoms with van der Waals surface area (Å²) >= 11 is 6.12. The predicted octanol–water partition coefficient (Wildman–Crippen LogP) is 2.85. The minimum atomic E-state index is 0.0624. The number of phenols is 1. The summed E-state index contributed by atoms with van der Waals surface area (Å²) < 4.78 is 0. The largest absolute Gasteiger partial charge is 0.508 e. The van der Waals surface area contributed by atoms with E-state index in [1.54, 1.807) is 18.2 Å². The Morgan fingerprint density at radius 1 is 1.39 bits per heavy atom. The topological polar surface area (TPSA) is 49.5 Å². The Kier molecular flexibility index (Phi) is 5.45. The van der Waals surface area contributed by atoms with E-state index in [4.69, 9.17) is 17.3 Å². The van der Waals surface area contributed by atoms with Crippen molar-refractivity contribution in [2.45, 2.75) is 27.3 Å². The average Bonchev–Trinajstić information content (AvgIpc) is 2.32. The molecular formula is C14H23ClN2O. The van der Waals surface area contributed by atoms with E-state index in [2.05, 4.69) is 25.7 Å². The van der Waals surface area contributed by atoms with Crippen LogP contribution in [0.15, 0.2) is 18.2 Å². The van der Waals surface area contributed by atoms with Gasteiger partial charge >= 0.3 is 0 Å². The Balaban J connectivity index is 2.80. The molecule has 1 aromatic rings. The minimum absolute atomic E-state index is 0.0624. The van der Waals surface area contributed by atoms with Crippen LogP contribution in [0.1, 0.15) is 26.3 Å². The zero-order valence-corrected chi connectivity index (χ0v) is 12.2. The summed E-state index contributed by atoms with van der Waals surface area (Å²) in [4.78, 5) is 2.24. The molecule has 0 saturated heterocycles. The lowest BCUT2D eigenvalue weighted by atomic mass is 9.93. The molecule has 1 aromatic carbocycles. The quantitative estimate of drug-likeness (QED) is 0.836. The summed E-state index contributed by atoms with van der Waals surface area (Å²) in [5.74, 6) is 0.256. The standard InChI is InChI=1S/C14H23ClN2O/c1-4-17(10-14(2,3)9-16)8-11-12(15)6-5-7-13(11)18/h5-7,18H,4,8-10,16H2,1-3H3. The summed E-state index contributed by atoms with van der Waals surface area (Å²) in [6.07, 6.45) is 0. The lowest BCUT2D eigenvalue weighted by Crippen LogP contribution is -2.38. The number of hydrogen-bond acceptors (Lipinski definition) is 3. The molecule has 0 unspecified atom stereocenters. The zero-order valence-electron chi connectivity index (χ0n) is 11.4. The van der Waals surface area contributed by atoms with Crippen molar-refractivity contribution in [1.29, 1.82) is 0 Å². The summed E-state index contributed by atoms with van der Waals surface area (Å²) in [5.41, 5.74) is 6.61. The van der Waals surface area contributed by atoms with Crippen LogP contribution in [0.5, 0.6) is 5.75 Å².